The maximum atomic E-state index is 6.42. The highest BCUT2D eigenvalue weighted by molar-refractivity contribution is 6.26. The number of hydrogen-bond acceptors (Lipinski definition) is 2. The monoisotopic (exact) mass is 1010 g/mol. The fraction of sp³-hybridized carbons (Fsp3) is 0. The summed E-state index contributed by atoms with van der Waals surface area (Å²) in [6, 6.07) is 102. The Hall–Kier alpha value is -10.5. The molecule has 0 aliphatic carbocycles. The molecule has 0 unspecified atom stereocenters. The molecule has 0 bridgehead atoms. The van der Waals surface area contributed by atoms with Gasteiger partial charge >= 0.3 is 0 Å². The van der Waals surface area contributed by atoms with Gasteiger partial charge in [0.15, 0.2) is 0 Å². The first-order valence-corrected chi connectivity index (χ1v) is 27.5. The van der Waals surface area contributed by atoms with E-state index in [-0.39, 0.29) is 0 Å². The lowest BCUT2D eigenvalue weighted by atomic mass is 9.84. The van der Waals surface area contributed by atoms with E-state index < -0.39 is 0 Å². The van der Waals surface area contributed by atoms with Crippen LogP contribution in [0.2, 0.25) is 0 Å². The van der Waals surface area contributed by atoms with E-state index in [0.29, 0.717) is 0 Å². The summed E-state index contributed by atoms with van der Waals surface area (Å²) in [7, 11) is 0. The molecule has 2 heteroatoms. The molecule has 80 heavy (non-hydrogen) atoms. The van der Waals surface area contributed by atoms with Crippen LogP contribution in [0.1, 0.15) is 0 Å². The van der Waals surface area contributed by atoms with Crippen LogP contribution in [0.15, 0.2) is 288 Å². The van der Waals surface area contributed by atoms with Gasteiger partial charge in [-0.25, -0.2) is 0 Å². The van der Waals surface area contributed by atoms with Crippen LogP contribution in [0.4, 0.5) is 0 Å². The fourth-order valence-corrected chi connectivity index (χ4v) is 13.4. The lowest BCUT2D eigenvalue weighted by Crippen LogP contribution is -1.91. The number of rotatable bonds is 6. The summed E-state index contributed by atoms with van der Waals surface area (Å²) in [4.78, 5) is 0. The van der Waals surface area contributed by atoms with E-state index in [1.807, 2.05) is 18.2 Å². The smallest absolute Gasteiger partial charge is 0.136 e. The van der Waals surface area contributed by atoms with E-state index in [2.05, 4.69) is 261 Å². The van der Waals surface area contributed by atoms with Crippen LogP contribution in [0, 0.1) is 0 Å². The normalized spacial score (nSPS) is 12.0. The van der Waals surface area contributed by atoms with Crippen molar-refractivity contribution < 1.29 is 8.83 Å². The van der Waals surface area contributed by atoms with Crippen LogP contribution in [-0.2, 0) is 0 Å². The highest BCUT2D eigenvalue weighted by Crippen LogP contribution is 2.49. The Kier molecular flexibility index (Phi) is 9.75. The SMILES string of the molecule is c1ccc2c(c1)oc1ccc(-c3c4ccccc4c(-c4ccc(-c5ccc6ccc(-c7ccc8ccc(-c9c%10ccccc%10c(-c%10cccc%11oc%12ccccc%12c%10%11)c%10ccccc9%10)cc8c7)cc6c5)cc4)c4ccccc34)cc12. The zero-order valence-electron chi connectivity index (χ0n) is 43.4. The maximum absolute atomic E-state index is 6.42. The van der Waals surface area contributed by atoms with Gasteiger partial charge in [0.25, 0.3) is 0 Å². The number of fused-ring (bicyclic) bond motifs is 12. The molecular formula is C78H46O2. The van der Waals surface area contributed by atoms with Crippen LogP contribution in [0.3, 0.4) is 0 Å². The number of hydrogen-bond donors (Lipinski definition) is 0. The first-order valence-electron chi connectivity index (χ1n) is 27.5. The minimum atomic E-state index is 0.903. The molecule has 0 aliphatic rings. The third kappa shape index (κ3) is 6.86. The summed E-state index contributed by atoms with van der Waals surface area (Å²) in [6.07, 6.45) is 0. The first-order chi connectivity index (χ1) is 39.6. The molecule has 0 fully saturated rings. The van der Waals surface area contributed by atoms with Crippen molar-refractivity contribution in [3.8, 4) is 66.8 Å². The Bertz CT molecular complexity index is 5310. The lowest BCUT2D eigenvalue weighted by Gasteiger charge is -2.18. The van der Waals surface area contributed by atoms with Gasteiger partial charge < -0.3 is 8.83 Å². The van der Waals surface area contributed by atoms with Crippen LogP contribution in [-0.4, -0.2) is 0 Å². The van der Waals surface area contributed by atoms with E-state index in [9.17, 15) is 0 Å². The fourth-order valence-electron chi connectivity index (χ4n) is 13.4. The third-order valence-electron chi connectivity index (χ3n) is 17.0. The van der Waals surface area contributed by atoms with E-state index in [0.717, 1.165) is 43.9 Å². The van der Waals surface area contributed by atoms with E-state index >= 15 is 0 Å². The molecule has 0 saturated carbocycles. The van der Waals surface area contributed by atoms with Gasteiger partial charge in [-0.15, -0.1) is 0 Å². The van der Waals surface area contributed by atoms with E-state index in [4.69, 9.17) is 8.83 Å². The zero-order chi connectivity index (χ0) is 52.4. The number of para-hydroxylation sites is 2. The molecule has 0 N–H and O–H groups in total. The van der Waals surface area contributed by atoms with Gasteiger partial charge in [-0.2, -0.15) is 0 Å². The second-order valence-electron chi connectivity index (χ2n) is 21.4. The molecule has 17 rings (SSSR count). The second kappa shape index (κ2) is 17.5. The molecule has 0 saturated heterocycles. The van der Waals surface area contributed by atoms with Gasteiger partial charge in [0.05, 0.1) is 0 Å². The molecule has 2 heterocycles. The standard InChI is InChI=1S/C78H46O2/c1-3-17-61-59(15-1)74(60-16-2-4-18-62(60)76(61)55-40-41-72-69(46-55)58-14-9-11-25-70(58)79-72)50-34-28-47(29-35-50)51-36-30-48-31-37-52(43-56(48)42-51)53-38-32-49-33-39-54(45-57(49)44-53)75-63-19-5-7-21-65(63)77(66-22-8-6-20-64(66)75)68-24-13-27-73-78(68)67-23-10-12-26-71(67)80-73/h1-46H. The zero-order valence-corrected chi connectivity index (χ0v) is 43.4. The second-order valence-corrected chi connectivity index (χ2v) is 21.4. The average molecular weight is 1020 g/mol. The van der Waals surface area contributed by atoms with Crippen molar-refractivity contribution >= 4 is 109 Å². The van der Waals surface area contributed by atoms with Gasteiger partial charge in [0, 0.05) is 21.5 Å². The van der Waals surface area contributed by atoms with Gasteiger partial charge in [-0.3, -0.25) is 0 Å². The van der Waals surface area contributed by atoms with Crippen molar-refractivity contribution in [2.24, 2.45) is 0 Å². The van der Waals surface area contributed by atoms with E-state index in [1.54, 1.807) is 0 Å². The van der Waals surface area contributed by atoms with Crippen molar-refractivity contribution in [3.05, 3.63) is 279 Å². The quantitative estimate of drug-likeness (QED) is 0.155. The summed E-state index contributed by atoms with van der Waals surface area (Å²) >= 11 is 0. The summed E-state index contributed by atoms with van der Waals surface area (Å²) in [5.41, 5.74) is 18.1. The number of furan rings is 2. The highest BCUT2D eigenvalue weighted by Gasteiger charge is 2.22. The van der Waals surface area contributed by atoms with Crippen molar-refractivity contribution in [2.45, 2.75) is 0 Å². The highest BCUT2D eigenvalue weighted by atomic mass is 16.3. The molecule has 0 atom stereocenters. The summed E-state index contributed by atoms with van der Waals surface area (Å²) in [5.74, 6) is 0. The van der Waals surface area contributed by atoms with Gasteiger partial charge in [-0.1, -0.05) is 224 Å². The van der Waals surface area contributed by atoms with E-state index in [1.165, 1.54) is 131 Å². The summed E-state index contributed by atoms with van der Waals surface area (Å²) < 4.78 is 12.7. The minimum absolute atomic E-state index is 0.903. The molecule has 0 aliphatic heterocycles. The van der Waals surface area contributed by atoms with Crippen LogP contribution >= 0.6 is 0 Å². The van der Waals surface area contributed by atoms with Crippen LogP contribution in [0.5, 0.6) is 0 Å². The van der Waals surface area contributed by atoms with Crippen molar-refractivity contribution in [1.82, 2.24) is 0 Å². The molecule has 0 amide bonds. The predicted octanol–water partition coefficient (Wildman–Crippen LogP) is 22.4. The number of benzene rings is 15. The van der Waals surface area contributed by atoms with Gasteiger partial charge in [-0.05, 0) is 186 Å². The topological polar surface area (TPSA) is 26.3 Å². The lowest BCUT2D eigenvalue weighted by molar-refractivity contribution is 0.668. The van der Waals surface area contributed by atoms with Crippen molar-refractivity contribution in [2.75, 3.05) is 0 Å². The van der Waals surface area contributed by atoms with Crippen LogP contribution in [0.25, 0.3) is 175 Å². The van der Waals surface area contributed by atoms with Crippen LogP contribution < -0.4 is 0 Å². The summed E-state index contributed by atoms with van der Waals surface area (Å²) in [5, 5.41) is 19.3. The maximum Gasteiger partial charge on any atom is 0.136 e. The Morgan fingerprint density at radius 2 is 0.512 bits per heavy atom. The van der Waals surface area contributed by atoms with Gasteiger partial charge in [0.1, 0.15) is 22.3 Å². The Morgan fingerprint density at radius 1 is 0.175 bits per heavy atom. The van der Waals surface area contributed by atoms with Gasteiger partial charge in [0.2, 0.25) is 0 Å². The largest absolute Gasteiger partial charge is 0.456 e. The third-order valence-corrected chi connectivity index (χ3v) is 17.0. The molecule has 2 aromatic heterocycles. The molecule has 17 aromatic rings. The molecule has 0 radical (unpaired) electrons. The Morgan fingerprint density at radius 3 is 1.05 bits per heavy atom. The Labute approximate surface area is 460 Å². The first kappa shape index (κ1) is 44.6. The molecule has 15 aromatic carbocycles. The molecular weight excluding hydrogens is 969 g/mol. The molecule has 2 nitrogen and oxygen atoms in total. The minimum Gasteiger partial charge on any atom is -0.456 e. The molecule has 0 spiro atoms. The summed E-state index contributed by atoms with van der Waals surface area (Å²) in [6.45, 7) is 0. The van der Waals surface area contributed by atoms with Crippen molar-refractivity contribution in [1.29, 1.82) is 0 Å². The molecule has 370 valence electrons. The Balaban J connectivity index is 0.730. The average Bonchev–Trinajstić information content (AvgIpc) is 4.17. The van der Waals surface area contributed by atoms with Crippen molar-refractivity contribution in [3.63, 3.8) is 0 Å². The predicted molar refractivity (Wildman–Crippen MR) is 339 cm³/mol.